The molecule has 0 aliphatic heterocycles. The lowest BCUT2D eigenvalue weighted by atomic mass is 9.98. The van der Waals surface area contributed by atoms with Crippen molar-refractivity contribution in [2.75, 3.05) is 0 Å². The summed E-state index contributed by atoms with van der Waals surface area (Å²) in [7, 11) is 0. The van der Waals surface area contributed by atoms with E-state index in [2.05, 4.69) is 25.8 Å². The number of aromatic nitrogens is 1. The van der Waals surface area contributed by atoms with Gasteiger partial charge in [-0.25, -0.2) is 4.98 Å². The minimum Gasteiger partial charge on any atom is -0.382 e. The minimum atomic E-state index is -0.849. The highest BCUT2D eigenvalue weighted by Gasteiger charge is 2.22. The Hall–Kier alpha value is -0.610. The Morgan fingerprint density at radius 1 is 1.26 bits per heavy atom. The SMILES string of the molecule is CC(C)(C)c1nc(C(O)c2cccc(Cl)c2Cl)cs1. The van der Waals surface area contributed by atoms with Crippen LogP contribution in [0.25, 0.3) is 0 Å². The van der Waals surface area contributed by atoms with E-state index in [0.29, 0.717) is 21.3 Å². The van der Waals surface area contributed by atoms with E-state index in [-0.39, 0.29) is 5.41 Å². The molecule has 2 aromatic rings. The van der Waals surface area contributed by atoms with Crippen LogP contribution in [0.5, 0.6) is 0 Å². The lowest BCUT2D eigenvalue weighted by molar-refractivity contribution is 0.215. The van der Waals surface area contributed by atoms with Crippen LogP contribution in [0.1, 0.15) is 43.1 Å². The van der Waals surface area contributed by atoms with Crippen LogP contribution in [0.4, 0.5) is 0 Å². The molecule has 0 saturated carbocycles. The Balaban J connectivity index is 2.37. The summed E-state index contributed by atoms with van der Waals surface area (Å²) in [5, 5.41) is 14.0. The molecule has 19 heavy (non-hydrogen) atoms. The zero-order valence-electron chi connectivity index (χ0n) is 10.9. The maximum Gasteiger partial charge on any atom is 0.123 e. The van der Waals surface area contributed by atoms with Gasteiger partial charge in [0.15, 0.2) is 0 Å². The van der Waals surface area contributed by atoms with Crippen LogP contribution in [0.15, 0.2) is 23.6 Å². The van der Waals surface area contributed by atoms with Crippen molar-refractivity contribution >= 4 is 34.5 Å². The van der Waals surface area contributed by atoms with E-state index in [1.165, 1.54) is 0 Å². The molecule has 1 unspecified atom stereocenters. The van der Waals surface area contributed by atoms with Gasteiger partial charge < -0.3 is 5.11 Å². The van der Waals surface area contributed by atoms with Gasteiger partial charge in [0.2, 0.25) is 0 Å². The average molecular weight is 316 g/mol. The fourth-order valence-electron chi connectivity index (χ4n) is 1.65. The number of thiazole rings is 1. The fourth-order valence-corrected chi connectivity index (χ4v) is 2.98. The Bertz CT molecular complexity index is 589. The molecule has 1 aromatic heterocycles. The molecule has 0 bridgehead atoms. The van der Waals surface area contributed by atoms with E-state index < -0.39 is 6.10 Å². The van der Waals surface area contributed by atoms with Crippen LogP contribution >= 0.6 is 34.5 Å². The number of halogens is 2. The van der Waals surface area contributed by atoms with Crippen LogP contribution in [0.3, 0.4) is 0 Å². The highest BCUT2D eigenvalue weighted by molar-refractivity contribution is 7.09. The molecular weight excluding hydrogens is 301 g/mol. The molecule has 1 atom stereocenters. The molecule has 0 saturated heterocycles. The molecule has 2 rings (SSSR count). The Morgan fingerprint density at radius 2 is 1.95 bits per heavy atom. The van der Waals surface area contributed by atoms with Gasteiger partial charge in [-0.15, -0.1) is 11.3 Å². The maximum atomic E-state index is 10.4. The summed E-state index contributed by atoms with van der Waals surface area (Å²) in [6, 6.07) is 5.22. The van der Waals surface area contributed by atoms with Gasteiger partial charge in [-0.3, -0.25) is 0 Å². The van der Waals surface area contributed by atoms with E-state index in [1.807, 2.05) is 5.38 Å². The molecule has 1 N–H and O–H groups in total. The molecule has 102 valence electrons. The van der Waals surface area contributed by atoms with Crippen LogP contribution in [0.2, 0.25) is 10.0 Å². The van der Waals surface area contributed by atoms with Crippen molar-refractivity contribution in [1.82, 2.24) is 4.98 Å². The van der Waals surface area contributed by atoms with Crippen LogP contribution < -0.4 is 0 Å². The highest BCUT2D eigenvalue weighted by Crippen LogP contribution is 2.35. The zero-order chi connectivity index (χ0) is 14.2. The fraction of sp³-hybridized carbons (Fsp3) is 0.357. The van der Waals surface area contributed by atoms with Gasteiger partial charge in [-0.2, -0.15) is 0 Å². The number of aliphatic hydroxyl groups is 1. The zero-order valence-corrected chi connectivity index (χ0v) is 13.3. The Morgan fingerprint density at radius 3 is 2.53 bits per heavy atom. The first-order chi connectivity index (χ1) is 8.80. The van der Waals surface area contributed by atoms with Crippen molar-refractivity contribution in [2.45, 2.75) is 32.3 Å². The molecule has 2 nitrogen and oxygen atoms in total. The molecule has 0 radical (unpaired) electrons. The number of rotatable bonds is 2. The topological polar surface area (TPSA) is 33.1 Å². The van der Waals surface area contributed by atoms with Crippen molar-refractivity contribution in [3.63, 3.8) is 0 Å². The Labute approximate surface area is 127 Å². The lowest BCUT2D eigenvalue weighted by Gasteiger charge is -2.14. The van der Waals surface area contributed by atoms with Gasteiger partial charge in [0.05, 0.1) is 20.7 Å². The van der Waals surface area contributed by atoms with Gasteiger partial charge in [0.1, 0.15) is 6.10 Å². The van der Waals surface area contributed by atoms with E-state index in [9.17, 15) is 5.11 Å². The largest absolute Gasteiger partial charge is 0.382 e. The van der Waals surface area contributed by atoms with Crippen LogP contribution in [-0.2, 0) is 5.41 Å². The third kappa shape index (κ3) is 3.11. The molecule has 1 heterocycles. The predicted octanol–water partition coefficient (Wildman–Crippen LogP) is 4.83. The second kappa shape index (κ2) is 5.41. The summed E-state index contributed by atoms with van der Waals surface area (Å²) in [4.78, 5) is 4.50. The number of benzene rings is 1. The summed E-state index contributed by atoms with van der Waals surface area (Å²) in [5.41, 5.74) is 1.17. The molecule has 0 spiro atoms. The molecule has 1 aromatic carbocycles. The van der Waals surface area contributed by atoms with Crippen molar-refractivity contribution in [2.24, 2.45) is 0 Å². The van der Waals surface area contributed by atoms with Gasteiger partial charge in [-0.1, -0.05) is 56.1 Å². The normalized spacial score (nSPS) is 13.6. The van der Waals surface area contributed by atoms with E-state index >= 15 is 0 Å². The standard InChI is InChI=1S/C14H15Cl2NOS/c1-14(2,3)13-17-10(7-19-13)12(18)8-5-4-6-9(15)11(8)16/h4-7,12,18H,1-3H3. The minimum absolute atomic E-state index is 0.0270. The third-order valence-corrected chi connectivity index (χ3v) is 4.84. The maximum absolute atomic E-state index is 10.4. The second-order valence-corrected chi connectivity index (χ2v) is 7.02. The van der Waals surface area contributed by atoms with Crippen LogP contribution in [0, 0.1) is 0 Å². The van der Waals surface area contributed by atoms with Gasteiger partial charge in [0.25, 0.3) is 0 Å². The molecular formula is C14H15Cl2NOS. The Kier molecular flexibility index (Phi) is 4.21. The highest BCUT2D eigenvalue weighted by atomic mass is 35.5. The van der Waals surface area contributed by atoms with Crippen molar-refractivity contribution < 1.29 is 5.11 Å². The predicted molar refractivity (Wildman–Crippen MR) is 81.3 cm³/mol. The summed E-state index contributed by atoms with van der Waals surface area (Å²) in [5.74, 6) is 0. The second-order valence-electron chi connectivity index (χ2n) is 5.37. The molecule has 0 fully saturated rings. The monoisotopic (exact) mass is 315 g/mol. The van der Waals surface area contributed by atoms with Gasteiger partial charge in [-0.05, 0) is 6.07 Å². The molecule has 0 aliphatic carbocycles. The summed E-state index contributed by atoms with van der Waals surface area (Å²) in [6.07, 6.45) is -0.849. The van der Waals surface area contributed by atoms with Gasteiger partial charge in [0, 0.05) is 16.4 Å². The first-order valence-electron chi connectivity index (χ1n) is 5.88. The van der Waals surface area contributed by atoms with Crippen LogP contribution in [-0.4, -0.2) is 10.1 Å². The summed E-state index contributed by atoms with van der Waals surface area (Å²) in [6.45, 7) is 6.27. The van der Waals surface area contributed by atoms with E-state index in [0.717, 1.165) is 5.01 Å². The number of aliphatic hydroxyl groups excluding tert-OH is 1. The first kappa shape index (κ1) is 14.8. The third-order valence-electron chi connectivity index (χ3n) is 2.72. The average Bonchev–Trinajstić information content (AvgIpc) is 2.81. The molecule has 5 heteroatoms. The smallest absolute Gasteiger partial charge is 0.123 e. The summed E-state index contributed by atoms with van der Waals surface area (Å²) < 4.78 is 0. The van der Waals surface area contributed by atoms with Gasteiger partial charge >= 0.3 is 0 Å². The first-order valence-corrected chi connectivity index (χ1v) is 7.52. The van der Waals surface area contributed by atoms with Crippen molar-refractivity contribution in [3.05, 3.63) is 49.9 Å². The number of nitrogens with zero attached hydrogens (tertiary/aromatic N) is 1. The van der Waals surface area contributed by atoms with E-state index in [1.54, 1.807) is 29.5 Å². The molecule has 0 amide bonds. The number of hydrogen-bond donors (Lipinski definition) is 1. The van der Waals surface area contributed by atoms with E-state index in [4.69, 9.17) is 23.2 Å². The lowest BCUT2D eigenvalue weighted by Crippen LogP contribution is -2.11. The molecule has 0 aliphatic rings. The number of hydrogen-bond acceptors (Lipinski definition) is 3. The van der Waals surface area contributed by atoms with Crippen molar-refractivity contribution in [3.8, 4) is 0 Å². The van der Waals surface area contributed by atoms with Crippen molar-refractivity contribution in [1.29, 1.82) is 0 Å². The summed E-state index contributed by atoms with van der Waals surface area (Å²) >= 11 is 13.6. The quantitative estimate of drug-likeness (QED) is 0.861.